The zero-order valence-corrected chi connectivity index (χ0v) is 35.2. The molecular weight excluding hydrogens is 780 g/mol. The number of aliphatic hydroxyl groups is 1. The van der Waals surface area contributed by atoms with Crippen LogP contribution in [0.3, 0.4) is 0 Å². The van der Waals surface area contributed by atoms with Crippen LogP contribution < -0.4 is 9.47 Å². The summed E-state index contributed by atoms with van der Waals surface area (Å²) in [5, 5.41) is 18.6. The monoisotopic (exact) mass is 832 g/mol. The summed E-state index contributed by atoms with van der Waals surface area (Å²) in [6.07, 6.45) is -3.53. The van der Waals surface area contributed by atoms with Gasteiger partial charge in [0, 0.05) is 28.7 Å². The van der Waals surface area contributed by atoms with Crippen LogP contribution in [0.25, 0.3) is 0 Å². The molecule has 1 aliphatic heterocycles. The predicted molar refractivity (Wildman–Crippen MR) is 230 cm³/mol. The molecule has 1 aromatic heterocycles. The van der Waals surface area contributed by atoms with Crippen molar-refractivity contribution in [3.63, 3.8) is 0 Å². The van der Waals surface area contributed by atoms with E-state index in [0.717, 1.165) is 39.1 Å². The van der Waals surface area contributed by atoms with Gasteiger partial charge in [-0.05, 0) is 60.7 Å². The molecule has 0 radical (unpaired) electrons. The quantitative estimate of drug-likeness (QED) is 0.0800. The summed E-state index contributed by atoms with van der Waals surface area (Å²) in [4.78, 5) is 0. The second-order valence-electron chi connectivity index (χ2n) is 15.2. The number of hydrogen-bond acceptors (Lipinski definition) is 9. The lowest BCUT2D eigenvalue weighted by Crippen LogP contribution is -2.69. The molecule has 0 spiro atoms. The molecule has 10 nitrogen and oxygen atoms in total. The molecule has 1 saturated heterocycles. The molecule has 5 atom stereocenters. The molecule has 314 valence electrons. The second kappa shape index (κ2) is 20.5. The molecule has 2 heterocycles. The minimum Gasteiger partial charge on any atom is -0.497 e. The molecule has 0 unspecified atom stereocenters. The van der Waals surface area contributed by atoms with Crippen LogP contribution >= 0.6 is 11.6 Å². The molecule has 60 heavy (non-hydrogen) atoms. The number of halogens is 1. The molecule has 1 fully saturated rings. The van der Waals surface area contributed by atoms with Gasteiger partial charge in [-0.2, -0.15) is 0 Å². The Hall–Kier alpha value is -5.04. The highest BCUT2D eigenvalue weighted by atomic mass is 35.5. The number of methoxy groups -OCH3 is 1. The van der Waals surface area contributed by atoms with Crippen molar-refractivity contribution in [2.75, 3.05) is 13.7 Å². The first-order valence-electron chi connectivity index (χ1n) is 20.3. The zero-order chi connectivity index (χ0) is 41.9. The van der Waals surface area contributed by atoms with Gasteiger partial charge in [0.15, 0.2) is 6.10 Å². The maximum atomic E-state index is 13.1. The van der Waals surface area contributed by atoms with E-state index >= 15 is 0 Å². The van der Waals surface area contributed by atoms with E-state index in [1.807, 2.05) is 159 Å². The highest BCUT2D eigenvalue weighted by molar-refractivity contribution is 6.31. The predicted octanol–water partition coefficient (Wildman–Crippen LogP) is 9.42. The van der Waals surface area contributed by atoms with Gasteiger partial charge < -0.3 is 38.3 Å². The normalized spacial score (nSPS) is 20.3. The van der Waals surface area contributed by atoms with E-state index in [4.69, 9.17) is 49.9 Å². The number of rotatable bonds is 19. The number of hydrogen-bond donors (Lipinski definition) is 1. The van der Waals surface area contributed by atoms with Crippen LogP contribution in [-0.4, -0.2) is 59.0 Å². The minimum atomic E-state index is -2.45. The summed E-state index contributed by atoms with van der Waals surface area (Å²) < 4.78 is 47.5. The van der Waals surface area contributed by atoms with Crippen LogP contribution in [0.2, 0.25) is 5.02 Å². The summed E-state index contributed by atoms with van der Waals surface area (Å²) in [5.74, 6) is -1.65. The Bertz CT molecular complexity index is 2220. The van der Waals surface area contributed by atoms with Crippen LogP contribution in [0.1, 0.15) is 59.0 Å². The van der Waals surface area contributed by atoms with Gasteiger partial charge in [0.1, 0.15) is 24.1 Å². The molecular formula is C49H53ClN2O8. The van der Waals surface area contributed by atoms with Crippen molar-refractivity contribution in [1.29, 1.82) is 0 Å². The summed E-state index contributed by atoms with van der Waals surface area (Å²) in [5.41, 5.74) is 6.14. The van der Waals surface area contributed by atoms with E-state index < -0.39 is 30.4 Å². The molecule has 0 aliphatic carbocycles. The Morgan fingerprint density at radius 3 is 1.75 bits per heavy atom. The van der Waals surface area contributed by atoms with Crippen molar-refractivity contribution < 1.29 is 38.3 Å². The Balaban J connectivity index is 1.30. The first-order chi connectivity index (χ1) is 29.2. The number of aromatic nitrogens is 2. The summed E-state index contributed by atoms with van der Waals surface area (Å²) in [6, 6.07) is 44.8. The minimum absolute atomic E-state index is 0.0312. The fourth-order valence-electron chi connectivity index (χ4n) is 7.34. The van der Waals surface area contributed by atoms with Crippen LogP contribution in [0, 0.1) is 6.92 Å². The van der Waals surface area contributed by atoms with Gasteiger partial charge in [0.25, 0.3) is 0 Å². The topological polar surface area (TPSA) is 103 Å². The van der Waals surface area contributed by atoms with E-state index in [9.17, 15) is 5.11 Å². The maximum Gasteiger partial charge on any atom is 0.356 e. The smallest absolute Gasteiger partial charge is 0.356 e. The molecule has 5 aromatic carbocycles. The third kappa shape index (κ3) is 10.8. The van der Waals surface area contributed by atoms with E-state index in [1.165, 1.54) is 0 Å². The molecule has 0 amide bonds. The largest absolute Gasteiger partial charge is 0.497 e. The van der Waals surface area contributed by atoms with Gasteiger partial charge in [-0.3, -0.25) is 4.68 Å². The van der Waals surface area contributed by atoms with Crippen molar-refractivity contribution in [3.05, 3.63) is 184 Å². The molecule has 0 saturated carbocycles. The van der Waals surface area contributed by atoms with Gasteiger partial charge >= 0.3 is 5.97 Å². The van der Waals surface area contributed by atoms with Gasteiger partial charge in [0.05, 0.1) is 40.1 Å². The maximum absolute atomic E-state index is 13.1. The standard InChI is InChI=1S/C49H53ClN2O8/c1-34(2)52-35(3)42(27-40-25-26-41(54-4)28-43(40)50)48(51-52)60-49(53)47(58-32-39-23-15-8-16-24-39)46(57-31-38-21-13-7-14-22-38)45(56-30-37-19-11-6-12-20-37)44(59-49)33-55-29-36-17-9-5-10-18-36/h5-26,28,34,44-47,53H,27,29-33H2,1-4H3/t44-,45-,46+,47-,49+/m1/s1. The fraction of sp³-hybridized carbons (Fsp3) is 0.327. The first kappa shape index (κ1) is 43.1. The lowest BCUT2D eigenvalue weighted by atomic mass is 9.96. The summed E-state index contributed by atoms with van der Waals surface area (Å²) in [7, 11) is 1.60. The van der Waals surface area contributed by atoms with Crippen LogP contribution in [0.15, 0.2) is 140 Å². The van der Waals surface area contributed by atoms with E-state index in [0.29, 0.717) is 23.8 Å². The Labute approximate surface area is 357 Å². The number of nitrogens with zero attached hydrogens (tertiary/aromatic N) is 2. The van der Waals surface area contributed by atoms with Gasteiger partial charge in [-0.25, -0.2) is 0 Å². The lowest BCUT2D eigenvalue weighted by Gasteiger charge is -2.49. The van der Waals surface area contributed by atoms with Crippen molar-refractivity contribution >= 4 is 11.6 Å². The lowest BCUT2D eigenvalue weighted by molar-refractivity contribution is -0.436. The Kier molecular flexibility index (Phi) is 14.7. The number of benzene rings is 5. The molecule has 7 rings (SSSR count). The third-order valence-corrected chi connectivity index (χ3v) is 10.9. The van der Waals surface area contributed by atoms with Crippen LogP contribution in [0.4, 0.5) is 0 Å². The third-order valence-electron chi connectivity index (χ3n) is 10.5. The van der Waals surface area contributed by atoms with Gasteiger partial charge in [-0.1, -0.05) is 139 Å². The van der Waals surface area contributed by atoms with E-state index in [1.54, 1.807) is 13.2 Å². The van der Waals surface area contributed by atoms with Crippen molar-refractivity contribution in [3.8, 4) is 11.6 Å². The molecule has 0 bridgehead atoms. The molecule has 11 heteroatoms. The second-order valence-corrected chi connectivity index (χ2v) is 15.6. The summed E-state index contributed by atoms with van der Waals surface area (Å²) in [6.45, 7) is 6.93. The average Bonchev–Trinajstić information content (AvgIpc) is 3.57. The van der Waals surface area contributed by atoms with Crippen molar-refractivity contribution in [1.82, 2.24) is 9.78 Å². The SMILES string of the molecule is COc1ccc(Cc2c(O[C@@]3(O)O[C@H](COCc4ccccc4)[C@@H](OCc4ccccc4)[C@H](OCc4ccccc4)[C@H]3OCc3ccccc3)nn(C(C)C)c2C)c(Cl)c1. The van der Waals surface area contributed by atoms with Crippen LogP contribution in [0.5, 0.6) is 11.6 Å². The van der Waals surface area contributed by atoms with Crippen molar-refractivity contribution in [2.45, 2.75) is 90.1 Å². The highest BCUT2D eigenvalue weighted by Crippen LogP contribution is 2.40. The highest BCUT2D eigenvalue weighted by Gasteiger charge is 2.59. The zero-order valence-electron chi connectivity index (χ0n) is 34.5. The summed E-state index contributed by atoms with van der Waals surface area (Å²) >= 11 is 6.79. The van der Waals surface area contributed by atoms with Crippen molar-refractivity contribution in [2.24, 2.45) is 0 Å². The molecule has 1 aliphatic rings. The molecule has 6 aromatic rings. The van der Waals surface area contributed by atoms with E-state index in [2.05, 4.69) is 0 Å². The Morgan fingerprint density at radius 1 is 0.717 bits per heavy atom. The Morgan fingerprint density at radius 2 is 1.23 bits per heavy atom. The number of ether oxygens (including phenoxy) is 7. The van der Waals surface area contributed by atoms with E-state index in [-0.39, 0.29) is 38.3 Å². The average molecular weight is 833 g/mol. The fourth-order valence-corrected chi connectivity index (χ4v) is 7.58. The first-order valence-corrected chi connectivity index (χ1v) is 20.7. The molecule has 1 N–H and O–H groups in total. The van der Waals surface area contributed by atoms with Gasteiger partial charge in [-0.15, -0.1) is 5.10 Å². The van der Waals surface area contributed by atoms with Gasteiger partial charge in [0.2, 0.25) is 5.88 Å². The van der Waals surface area contributed by atoms with Crippen LogP contribution in [-0.2, 0) is 56.5 Å².